The summed E-state index contributed by atoms with van der Waals surface area (Å²) < 4.78 is 26.6. The predicted octanol–water partition coefficient (Wildman–Crippen LogP) is -0.336. The summed E-state index contributed by atoms with van der Waals surface area (Å²) in [6.07, 6.45) is 3.83. The van der Waals surface area contributed by atoms with Crippen molar-refractivity contribution in [1.29, 1.82) is 0 Å². The molecule has 1 fully saturated rings. The number of nitrogens with one attached hydrogen (secondary N) is 2. The summed E-state index contributed by atoms with van der Waals surface area (Å²) in [5, 5.41) is 0. The zero-order valence-corrected chi connectivity index (χ0v) is 11.9. The summed E-state index contributed by atoms with van der Waals surface area (Å²) in [5.41, 5.74) is -0.569. The van der Waals surface area contributed by atoms with Gasteiger partial charge in [0.2, 0.25) is 21.4 Å². The van der Waals surface area contributed by atoms with Gasteiger partial charge in [0, 0.05) is 44.0 Å². The molecule has 7 nitrogen and oxygen atoms in total. The van der Waals surface area contributed by atoms with Gasteiger partial charge in [-0.15, -0.1) is 0 Å². The van der Waals surface area contributed by atoms with Crippen molar-refractivity contribution in [3.8, 4) is 0 Å². The fourth-order valence-electron chi connectivity index (χ4n) is 2.20. The molecule has 0 spiro atoms. The summed E-state index contributed by atoms with van der Waals surface area (Å²) in [6.45, 7) is 2.62. The zero-order chi connectivity index (χ0) is 14.8. The van der Waals surface area contributed by atoms with Gasteiger partial charge >= 0.3 is 0 Å². The molecule has 1 amide bonds. The number of rotatable bonds is 5. The number of aromatic nitrogens is 1. The lowest BCUT2D eigenvalue weighted by Gasteiger charge is -2.21. The molecule has 1 unspecified atom stereocenters. The van der Waals surface area contributed by atoms with Crippen LogP contribution in [-0.4, -0.2) is 43.3 Å². The Balaban J connectivity index is 2.07. The van der Waals surface area contributed by atoms with Crippen molar-refractivity contribution in [1.82, 2.24) is 14.6 Å². The minimum atomic E-state index is -3.88. The first-order valence-corrected chi connectivity index (χ1v) is 7.85. The standard InChI is InChI=1S/C12H17N3O4S/c1-9(8-15-6-2-3-12(15)17)14-20(18,19)11-7-13-5-4-10(11)16/h4-5,7,9,14H,2-3,6,8H2,1H3,(H,13,16). The molecule has 1 aliphatic heterocycles. The average molecular weight is 299 g/mol. The Bertz CT molecular complexity index is 653. The van der Waals surface area contributed by atoms with Gasteiger partial charge in [-0.05, 0) is 13.3 Å². The monoisotopic (exact) mass is 299 g/mol. The summed E-state index contributed by atoms with van der Waals surface area (Å²) in [6, 6.07) is 0.699. The van der Waals surface area contributed by atoms with Crippen LogP contribution in [0.5, 0.6) is 0 Å². The summed E-state index contributed by atoms with van der Waals surface area (Å²) in [5.74, 6) is 0.0357. The number of aromatic amines is 1. The Kier molecular flexibility index (Phi) is 4.24. The summed E-state index contributed by atoms with van der Waals surface area (Å²) in [4.78, 5) is 26.9. The fourth-order valence-corrected chi connectivity index (χ4v) is 3.49. The van der Waals surface area contributed by atoms with Gasteiger partial charge in [0.05, 0.1) is 0 Å². The number of nitrogens with zero attached hydrogens (tertiary/aromatic N) is 1. The maximum Gasteiger partial charge on any atom is 0.246 e. The topological polar surface area (TPSA) is 99.3 Å². The molecule has 0 saturated carbocycles. The molecule has 1 atom stereocenters. The van der Waals surface area contributed by atoms with E-state index in [1.165, 1.54) is 6.20 Å². The third kappa shape index (κ3) is 3.26. The molecule has 0 bridgehead atoms. The zero-order valence-electron chi connectivity index (χ0n) is 11.1. The quantitative estimate of drug-likeness (QED) is 0.777. The number of sulfonamides is 1. The molecule has 2 rings (SSSR count). The normalized spacial score (nSPS) is 17.4. The van der Waals surface area contributed by atoms with E-state index in [9.17, 15) is 18.0 Å². The molecule has 2 N–H and O–H groups in total. The predicted molar refractivity (Wildman–Crippen MR) is 72.7 cm³/mol. The van der Waals surface area contributed by atoms with E-state index < -0.39 is 21.5 Å². The lowest BCUT2D eigenvalue weighted by atomic mass is 10.3. The van der Waals surface area contributed by atoms with Crippen LogP contribution < -0.4 is 10.2 Å². The van der Waals surface area contributed by atoms with Gasteiger partial charge in [0.25, 0.3) is 0 Å². The maximum atomic E-state index is 12.1. The van der Waals surface area contributed by atoms with Gasteiger partial charge < -0.3 is 9.88 Å². The lowest BCUT2D eigenvalue weighted by molar-refractivity contribution is -0.127. The number of likely N-dealkylation sites (tertiary alicyclic amines) is 1. The second-order valence-corrected chi connectivity index (χ2v) is 6.52. The second-order valence-electron chi connectivity index (χ2n) is 4.84. The third-order valence-electron chi connectivity index (χ3n) is 3.10. The number of hydrogen-bond donors (Lipinski definition) is 2. The molecule has 0 aromatic carbocycles. The maximum absolute atomic E-state index is 12.1. The Morgan fingerprint density at radius 2 is 2.20 bits per heavy atom. The lowest BCUT2D eigenvalue weighted by Crippen LogP contribution is -2.43. The molecular weight excluding hydrogens is 282 g/mol. The van der Waals surface area contributed by atoms with Crippen LogP contribution in [0.15, 0.2) is 28.2 Å². The minimum absolute atomic E-state index is 0.0357. The number of hydrogen-bond acceptors (Lipinski definition) is 4. The number of carbonyl (C=O) groups excluding carboxylic acids is 1. The number of H-pyrrole nitrogens is 1. The number of pyridine rings is 1. The van der Waals surface area contributed by atoms with Gasteiger partial charge in [-0.3, -0.25) is 9.59 Å². The van der Waals surface area contributed by atoms with Gasteiger partial charge in [0.1, 0.15) is 4.90 Å². The highest BCUT2D eigenvalue weighted by Crippen LogP contribution is 2.10. The smallest absolute Gasteiger partial charge is 0.246 e. The molecule has 8 heteroatoms. The molecule has 2 heterocycles. The van der Waals surface area contributed by atoms with Crippen LogP contribution >= 0.6 is 0 Å². The summed E-state index contributed by atoms with van der Waals surface area (Å²) in [7, 11) is -3.88. The largest absolute Gasteiger partial charge is 0.366 e. The Labute approximate surface area is 117 Å². The molecule has 0 radical (unpaired) electrons. The van der Waals surface area contributed by atoms with Crippen molar-refractivity contribution in [2.24, 2.45) is 0 Å². The molecule has 1 aliphatic rings. The van der Waals surface area contributed by atoms with E-state index in [1.54, 1.807) is 11.8 Å². The van der Waals surface area contributed by atoms with Crippen LogP contribution in [0.1, 0.15) is 19.8 Å². The Morgan fingerprint density at radius 3 is 2.80 bits per heavy atom. The van der Waals surface area contributed by atoms with Crippen LogP contribution in [0.25, 0.3) is 0 Å². The van der Waals surface area contributed by atoms with Crippen molar-refractivity contribution in [3.05, 3.63) is 28.7 Å². The van der Waals surface area contributed by atoms with Crippen LogP contribution in [0.3, 0.4) is 0 Å². The van der Waals surface area contributed by atoms with E-state index >= 15 is 0 Å². The van der Waals surface area contributed by atoms with E-state index in [1.807, 2.05) is 0 Å². The highest BCUT2D eigenvalue weighted by Gasteiger charge is 2.25. The molecule has 20 heavy (non-hydrogen) atoms. The van der Waals surface area contributed by atoms with Crippen molar-refractivity contribution < 1.29 is 13.2 Å². The van der Waals surface area contributed by atoms with Crippen LogP contribution in [-0.2, 0) is 14.8 Å². The highest BCUT2D eigenvalue weighted by molar-refractivity contribution is 7.89. The van der Waals surface area contributed by atoms with Crippen LogP contribution in [0.4, 0.5) is 0 Å². The van der Waals surface area contributed by atoms with E-state index in [0.717, 1.165) is 18.7 Å². The van der Waals surface area contributed by atoms with E-state index in [-0.39, 0.29) is 10.8 Å². The Hall–Kier alpha value is -1.67. The van der Waals surface area contributed by atoms with Crippen LogP contribution in [0.2, 0.25) is 0 Å². The van der Waals surface area contributed by atoms with Gasteiger partial charge in [-0.25, -0.2) is 13.1 Å². The first kappa shape index (κ1) is 14.7. The van der Waals surface area contributed by atoms with Crippen molar-refractivity contribution >= 4 is 15.9 Å². The molecule has 110 valence electrons. The number of amides is 1. The van der Waals surface area contributed by atoms with Crippen molar-refractivity contribution in [2.75, 3.05) is 13.1 Å². The van der Waals surface area contributed by atoms with Crippen molar-refractivity contribution in [2.45, 2.75) is 30.7 Å². The van der Waals surface area contributed by atoms with Crippen LogP contribution in [0, 0.1) is 0 Å². The van der Waals surface area contributed by atoms with Gasteiger partial charge in [0.15, 0.2) is 0 Å². The molecule has 0 aliphatic carbocycles. The Morgan fingerprint density at radius 1 is 1.45 bits per heavy atom. The first-order chi connectivity index (χ1) is 9.40. The minimum Gasteiger partial charge on any atom is -0.366 e. The summed E-state index contributed by atoms with van der Waals surface area (Å²) >= 11 is 0. The number of carbonyl (C=O) groups is 1. The molecule has 1 saturated heterocycles. The van der Waals surface area contributed by atoms with Gasteiger partial charge in [-0.2, -0.15) is 0 Å². The molecular formula is C12H17N3O4S. The third-order valence-corrected chi connectivity index (χ3v) is 4.71. The second kappa shape index (κ2) is 5.76. The van der Waals surface area contributed by atoms with Crippen molar-refractivity contribution in [3.63, 3.8) is 0 Å². The average Bonchev–Trinajstić information content (AvgIpc) is 2.74. The fraction of sp³-hybridized carbons (Fsp3) is 0.500. The van der Waals surface area contributed by atoms with Gasteiger partial charge in [-0.1, -0.05) is 0 Å². The molecule has 1 aromatic rings. The van der Waals surface area contributed by atoms with E-state index in [0.29, 0.717) is 19.5 Å². The SMILES string of the molecule is CC(CN1CCCC1=O)NS(=O)(=O)c1c[nH]ccc1=O. The molecule has 1 aromatic heterocycles. The van der Waals surface area contributed by atoms with E-state index in [2.05, 4.69) is 9.71 Å². The van der Waals surface area contributed by atoms with E-state index in [4.69, 9.17) is 0 Å². The first-order valence-electron chi connectivity index (χ1n) is 6.37. The highest BCUT2D eigenvalue weighted by atomic mass is 32.2.